The quantitative estimate of drug-likeness (QED) is 0.661. The van der Waals surface area contributed by atoms with Crippen LogP contribution in [0, 0.1) is 0 Å². The number of likely N-dealkylation sites (tertiary alicyclic amines) is 1. The van der Waals surface area contributed by atoms with E-state index in [9.17, 15) is 4.79 Å². The lowest BCUT2D eigenvalue weighted by Gasteiger charge is -2.15. The zero-order valence-corrected chi connectivity index (χ0v) is 10.5. The number of carbonyl (C=O) groups excluding carboxylic acids is 1. The summed E-state index contributed by atoms with van der Waals surface area (Å²) in [6, 6.07) is 0. The van der Waals surface area contributed by atoms with Crippen LogP contribution in [0.5, 0.6) is 0 Å². The van der Waals surface area contributed by atoms with Crippen LogP contribution in [-0.4, -0.2) is 49.7 Å². The third kappa shape index (κ3) is 5.47. The van der Waals surface area contributed by atoms with Crippen molar-refractivity contribution in [1.82, 2.24) is 10.2 Å². The Morgan fingerprint density at radius 2 is 2.00 bits per heavy atom. The second kappa shape index (κ2) is 7.63. The maximum absolute atomic E-state index is 11.6. The van der Waals surface area contributed by atoms with Crippen molar-refractivity contribution in [2.75, 3.05) is 32.8 Å². The molecule has 4 heteroatoms. The smallest absolute Gasteiger partial charge is 0.223 e. The lowest BCUT2D eigenvalue weighted by molar-refractivity contribution is -0.130. The molecule has 4 nitrogen and oxygen atoms in total. The number of carbonyl (C=O) groups is 1. The first-order chi connectivity index (χ1) is 7.70. The van der Waals surface area contributed by atoms with E-state index in [1.54, 1.807) is 0 Å². The molecule has 1 rings (SSSR count). The Hall–Kier alpha value is -0.610. The van der Waals surface area contributed by atoms with E-state index in [4.69, 9.17) is 4.74 Å². The van der Waals surface area contributed by atoms with Crippen molar-refractivity contribution in [3.63, 3.8) is 0 Å². The summed E-state index contributed by atoms with van der Waals surface area (Å²) < 4.78 is 5.39. The fourth-order valence-electron chi connectivity index (χ4n) is 1.81. The van der Waals surface area contributed by atoms with E-state index in [0.29, 0.717) is 6.42 Å². The number of nitrogens with zero attached hydrogens (tertiary/aromatic N) is 1. The Labute approximate surface area is 98.3 Å². The number of nitrogens with one attached hydrogen (secondary N) is 1. The van der Waals surface area contributed by atoms with E-state index < -0.39 is 0 Å². The average molecular weight is 228 g/mol. The number of hydrogen-bond acceptors (Lipinski definition) is 3. The van der Waals surface area contributed by atoms with Gasteiger partial charge in [0, 0.05) is 32.6 Å². The Balaban J connectivity index is 1.92. The highest BCUT2D eigenvalue weighted by Crippen LogP contribution is 2.08. The molecule has 1 heterocycles. The molecule has 0 aromatic rings. The molecule has 1 fully saturated rings. The molecule has 1 aliphatic heterocycles. The summed E-state index contributed by atoms with van der Waals surface area (Å²) in [6.45, 7) is 8.26. The molecule has 1 amide bonds. The third-order valence-electron chi connectivity index (χ3n) is 2.70. The number of amides is 1. The standard InChI is InChI=1S/C12H24N2O2/c1-11(2)16-10-7-13-6-5-12(15)14-8-3-4-9-14/h11,13H,3-10H2,1-2H3. The summed E-state index contributed by atoms with van der Waals surface area (Å²) >= 11 is 0. The Bertz CT molecular complexity index is 201. The second-order valence-corrected chi connectivity index (χ2v) is 4.51. The van der Waals surface area contributed by atoms with E-state index in [1.807, 2.05) is 18.7 Å². The second-order valence-electron chi connectivity index (χ2n) is 4.51. The zero-order chi connectivity index (χ0) is 11.8. The molecule has 0 saturated carbocycles. The van der Waals surface area contributed by atoms with E-state index in [1.165, 1.54) is 12.8 Å². The van der Waals surface area contributed by atoms with Crippen molar-refractivity contribution in [3.05, 3.63) is 0 Å². The predicted molar refractivity (Wildman–Crippen MR) is 64.4 cm³/mol. The van der Waals surface area contributed by atoms with Gasteiger partial charge in [-0.1, -0.05) is 0 Å². The van der Waals surface area contributed by atoms with Gasteiger partial charge in [-0.15, -0.1) is 0 Å². The average Bonchev–Trinajstić information content (AvgIpc) is 2.75. The summed E-state index contributed by atoms with van der Waals surface area (Å²) in [4.78, 5) is 13.6. The topological polar surface area (TPSA) is 41.6 Å². The molecule has 1 saturated heterocycles. The summed E-state index contributed by atoms with van der Waals surface area (Å²) in [7, 11) is 0. The van der Waals surface area contributed by atoms with Gasteiger partial charge in [0.2, 0.25) is 5.91 Å². The number of rotatable bonds is 7. The van der Waals surface area contributed by atoms with E-state index in [-0.39, 0.29) is 12.0 Å². The van der Waals surface area contributed by atoms with Crippen LogP contribution in [0.15, 0.2) is 0 Å². The van der Waals surface area contributed by atoms with Crippen molar-refractivity contribution in [1.29, 1.82) is 0 Å². The molecule has 1 aliphatic rings. The first-order valence-corrected chi connectivity index (χ1v) is 6.30. The van der Waals surface area contributed by atoms with Crippen LogP contribution in [-0.2, 0) is 9.53 Å². The van der Waals surface area contributed by atoms with Gasteiger partial charge < -0.3 is 15.0 Å². The van der Waals surface area contributed by atoms with Crippen LogP contribution in [0.25, 0.3) is 0 Å². The van der Waals surface area contributed by atoms with Gasteiger partial charge in [0.1, 0.15) is 0 Å². The van der Waals surface area contributed by atoms with E-state index in [2.05, 4.69) is 5.32 Å². The van der Waals surface area contributed by atoms with Crippen LogP contribution in [0.1, 0.15) is 33.1 Å². The van der Waals surface area contributed by atoms with Gasteiger partial charge in [-0.25, -0.2) is 0 Å². The molecule has 0 bridgehead atoms. The van der Waals surface area contributed by atoms with Crippen LogP contribution < -0.4 is 5.32 Å². The van der Waals surface area contributed by atoms with Crippen LogP contribution in [0.2, 0.25) is 0 Å². The minimum atomic E-state index is 0.285. The molecule has 0 aliphatic carbocycles. The highest BCUT2D eigenvalue weighted by Gasteiger charge is 2.16. The molecular formula is C12H24N2O2. The van der Waals surface area contributed by atoms with Crippen molar-refractivity contribution in [3.8, 4) is 0 Å². The largest absolute Gasteiger partial charge is 0.377 e. The van der Waals surface area contributed by atoms with Gasteiger partial charge in [-0.2, -0.15) is 0 Å². The number of hydrogen-bond donors (Lipinski definition) is 1. The first kappa shape index (κ1) is 13.5. The summed E-state index contributed by atoms with van der Waals surface area (Å²) in [5.74, 6) is 0.287. The van der Waals surface area contributed by atoms with Gasteiger partial charge >= 0.3 is 0 Å². The molecule has 16 heavy (non-hydrogen) atoms. The minimum absolute atomic E-state index is 0.285. The molecular weight excluding hydrogens is 204 g/mol. The molecule has 0 aromatic heterocycles. The summed E-state index contributed by atoms with van der Waals surface area (Å²) in [6.07, 6.45) is 3.23. The van der Waals surface area contributed by atoms with Gasteiger partial charge in [-0.05, 0) is 26.7 Å². The molecule has 1 N–H and O–H groups in total. The third-order valence-corrected chi connectivity index (χ3v) is 2.70. The predicted octanol–water partition coefficient (Wildman–Crippen LogP) is 1.01. The van der Waals surface area contributed by atoms with Gasteiger partial charge in [0.25, 0.3) is 0 Å². The van der Waals surface area contributed by atoms with E-state index in [0.717, 1.165) is 32.8 Å². The first-order valence-electron chi connectivity index (χ1n) is 6.30. The molecule has 0 atom stereocenters. The maximum Gasteiger partial charge on any atom is 0.223 e. The van der Waals surface area contributed by atoms with Crippen molar-refractivity contribution in [2.45, 2.75) is 39.2 Å². The Kier molecular flexibility index (Phi) is 6.42. The number of ether oxygens (including phenoxy) is 1. The van der Waals surface area contributed by atoms with E-state index >= 15 is 0 Å². The van der Waals surface area contributed by atoms with Gasteiger partial charge in [-0.3, -0.25) is 4.79 Å². The van der Waals surface area contributed by atoms with Crippen molar-refractivity contribution >= 4 is 5.91 Å². The lowest BCUT2D eigenvalue weighted by atomic mass is 10.3. The molecule has 0 unspecified atom stereocenters. The highest BCUT2D eigenvalue weighted by molar-refractivity contribution is 5.76. The zero-order valence-electron chi connectivity index (χ0n) is 10.5. The van der Waals surface area contributed by atoms with Crippen LogP contribution in [0.4, 0.5) is 0 Å². The van der Waals surface area contributed by atoms with Crippen molar-refractivity contribution < 1.29 is 9.53 Å². The van der Waals surface area contributed by atoms with Crippen molar-refractivity contribution in [2.24, 2.45) is 0 Å². The normalized spacial score (nSPS) is 16.1. The molecule has 94 valence electrons. The monoisotopic (exact) mass is 228 g/mol. The molecule has 0 aromatic carbocycles. The van der Waals surface area contributed by atoms with Crippen LogP contribution >= 0.6 is 0 Å². The van der Waals surface area contributed by atoms with Crippen LogP contribution in [0.3, 0.4) is 0 Å². The Morgan fingerprint density at radius 1 is 1.31 bits per heavy atom. The summed E-state index contributed by atoms with van der Waals surface area (Å²) in [5, 5.41) is 3.22. The fourth-order valence-corrected chi connectivity index (χ4v) is 1.81. The molecule has 0 spiro atoms. The minimum Gasteiger partial charge on any atom is -0.377 e. The fraction of sp³-hybridized carbons (Fsp3) is 0.917. The SMILES string of the molecule is CC(C)OCCNCCC(=O)N1CCCC1. The molecule has 0 radical (unpaired) electrons. The lowest BCUT2D eigenvalue weighted by Crippen LogP contribution is -2.31. The highest BCUT2D eigenvalue weighted by atomic mass is 16.5. The Morgan fingerprint density at radius 3 is 2.62 bits per heavy atom. The van der Waals surface area contributed by atoms with Gasteiger partial charge in [0.05, 0.1) is 12.7 Å². The van der Waals surface area contributed by atoms with Gasteiger partial charge in [0.15, 0.2) is 0 Å². The summed E-state index contributed by atoms with van der Waals surface area (Å²) in [5.41, 5.74) is 0. The maximum atomic E-state index is 11.6.